The molecule has 1 aromatic heterocycles. The van der Waals surface area contributed by atoms with Gasteiger partial charge in [0.25, 0.3) is 11.8 Å². The quantitative estimate of drug-likeness (QED) is 0.749. The minimum atomic E-state index is -0.357. The van der Waals surface area contributed by atoms with E-state index >= 15 is 0 Å². The van der Waals surface area contributed by atoms with E-state index in [1.54, 1.807) is 12.1 Å². The van der Waals surface area contributed by atoms with Crippen LogP contribution >= 0.6 is 11.6 Å². The molecule has 0 saturated carbocycles. The first-order chi connectivity index (χ1) is 11.4. The number of carbonyl (C=O) groups excluding carboxylic acids is 2. The van der Waals surface area contributed by atoms with Crippen LogP contribution in [0, 0.1) is 0 Å². The van der Waals surface area contributed by atoms with Gasteiger partial charge >= 0.3 is 0 Å². The molecule has 0 aliphatic carbocycles. The predicted octanol–water partition coefficient (Wildman–Crippen LogP) is 2.74. The molecule has 1 aromatic carbocycles. The third-order valence-electron chi connectivity index (χ3n) is 3.21. The molecule has 0 unspecified atom stereocenters. The summed E-state index contributed by atoms with van der Waals surface area (Å²) in [6, 6.07) is 8.71. The van der Waals surface area contributed by atoms with Gasteiger partial charge in [0.15, 0.2) is 5.75 Å². The van der Waals surface area contributed by atoms with Crippen LogP contribution in [0.1, 0.15) is 40.4 Å². The lowest BCUT2D eigenvalue weighted by molar-refractivity contribution is 0.0938. The van der Waals surface area contributed by atoms with Gasteiger partial charge in [0.05, 0.1) is 0 Å². The third kappa shape index (κ3) is 4.52. The lowest BCUT2D eigenvalue weighted by Gasteiger charge is -2.06. The Kier molecular flexibility index (Phi) is 5.87. The molecule has 2 rings (SSSR count). The normalized spacial score (nSPS) is 10.5. The number of nitrogens with one attached hydrogen (secondary N) is 3. The molecule has 1 heterocycles. The molecule has 0 fully saturated rings. The summed E-state index contributed by atoms with van der Waals surface area (Å²) < 4.78 is 5.71. The average Bonchev–Trinajstić information content (AvgIpc) is 2.97. The molecule has 0 atom stereocenters. The third-order valence-corrected chi connectivity index (χ3v) is 3.46. The first kappa shape index (κ1) is 17.9. The molecular formula is C17H20ClN3O3. The van der Waals surface area contributed by atoms with Crippen LogP contribution in [0.4, 0.5) is 0 Å². The lowest BCUT2D eigenvalue weighted by atomic mass is 10.2. The van der Waals surface area contributed by atoms with E-state index in [9.17, 15) is 9.59 Å². The van der Waals surface area contributed by atoms with Crippen molar-refractivity contribution in [3.8, 4) is 5.75 Å². The topological polar surface area (TPSA) is 83.2 Å². The highest BCUT2D eigenvalue weighted by Gasteiger charge is 2.19. The number of rotatable bonds is 6. The SMILES string of the molecule is CNC(=O)c1[nH]c(C(=O)NC(C)C)cc1OCc1ccc(Cl)cc1. The van der Waals surface area contributed by atoms with Gasteiger partial charge in [0.1, 0.15) is 18.0 Å². The van der Waals surface area contributed by atoms with Crippen LogP contribution in [0.5, 0.6) is 5.75 Å². The van der Waals surface area contributed by atoms with Crippen molar-refractivity contribution in [2.24, 2.45) is 0 Å². The molecule has 128 valence electrons. The Morgan fingerprint density at radius 3 is 2.46 bits per heavy atom. The smallest absolute Gasteiger partial charge is 0.271 e. The van der Waals surface area contributed by atoms with Crippen LogP contribution in [-0.2, 0) is 6.61 Å². The van der Waals surface area contributed by atoms with Gasteiger partial charge < -0.3 is 20.4 Å². The summed E-state index contributed by atoms with van der Waals surface area (Å²) in [6.07, 6.45) is 0. The van der Waals surface area contributed by atoms with Crippen molar-refractivity contribution < 1.29 is 14.3 Å². The van der Waals surface area contributed by atoms with Crippen LogP contribution in [0.3, 0.4) is 0 Å². The molecule has 7 heteroatoms. The number of hydrogen-bond donors (Lipinski definition) is 3. The van der Waals surface area contributed by atoms with Gasteiger partial charge in [-0.25, -0.2) is 0 Å². The van der Waals surface area contributed by atoms with Crippen molar-refractivity contribution >= 4 is 23.4 Å². The summed E-state index contributed by atoms with van der Waals surface area (Å²) in [5, 5.41) is 5.92. The van der Waals surface area contributed by atoms with Gasteiger partial charge in [-0.2, -0.15) is 0 Å². The highest BCUT2D eigenvalue weighted by atomic mass is 35.5. The van der Waals surface area contributed by atoms with Crippen LogP contribution in [0.2, 0.25) is 5.02 Å². The summed E-state index contributed by atoms with van der Waals surface area (Å²) in [5.41, 5.74) is 1.38. The van der Waals surface area contributed by atoms with Crippen molar-refractivity contribution in [2.45, 2.75) is 26.5 Å². The van der Waals surface area contributed by atoms with Gasteiger partial charge in [0, 0.05) is 24.2 Å². The van der Waals surface area contributed by atoms with Crippen LogP contribution in [-0.4, -0.2) is 29.9 Å². The number of aromatic amines is 1. The fourth-order valence-electron chi connectivity index (χ4n) is 2.05. The van der Waals surface area contributed by atoms with E-state index in [2.05, 4.69) is 15.6 Å². The zero-order valence-electron chi connectivity index (χ0n) is 13.8. The van der Waals surface area contributed by atoms with Crippen molar-refractivity contribution in [3.63, 3.8) is 0 Å². The Labute approximate surface area is 145 Å². The number of H-pyrrole nitrogens is 1. The molecule has 0 radical (unpaired) electrons. The monoisotopic (exact) mass is 349 g/mol. The fourth-order valence-corrected chi connectivity index (χ4v) is 2.17. The second-order valence-corrected chi connectivity index (χ2v) is 5.98. The van der Waals surface area contributed by atoms with E-state index < -0.39 is 0 Å². The highest BCUT2D eigenvalue weighted by Crippen LogP contribution is 2.22. The van der Waals surface area contributed by atoms with Gasteiger partial charge in [-0.3, -0.25) is 9.59 Å². The molecule has 2 amide bonds. The zero-order valence-corrected chi connectivity index (χ0v) is 14.5. The minimum Gasteiger partial charge on any atom is -0.486 e. The first-order valence-corrected chi connectivity index (χ1v) is 7.91. The maximum absolute atomic E-state index is 12.1. The van der Waals surface area contributed by atoms with Gasteiger partial charge in [0.2, 0.25) is 0 Å². The van der Waals surface area contributed by atoms with Crippen LogP contribution in [0.25, 0.3) is 0 Å². The largest absolute Gasteiger partial charge is 0.486 e. The zero-order chi connectivity index (χ0) is 17.7. The van der Waals surface area contributed by atoms with Crippen molar-refractivity contribution in [3.05, 3.63) is 52.3 Å². The molecule has 3 N–H and O–H groups in total. The second kappa shape index (κ2) is 7.88. The lowest BCUT2D eigenvalue weighted by Crippen LogP contribution is -2.30. The highest BCUT2D eigenvalue weighted by molar-refractivity contribution is 6.30. The predicted molar refractivity (Wildman–Crippen MR) is 92.6 cm³/mol. The van der Waals surface area contributed by atoms with E-state index in [1.807, 2.05) is 26.0 Å². The molecule has 24 heavy (non-hydrogen) atoms. The summed E-state index contributed by atoms with van der Waals surface area (Å²) in [6.45, 7) is 3.97. The number of carbonyl (C=O) groups is 2. The second-order valence-electron chi connectivity index (χ2n) is 5.54. The summed E-state index contributed by atoms with van der Waals surface area (Å²) in [5.74, 6) is -0.334. The van der Waals surface area contributed by atoms with Crippen molar-refractivity contribution in [2.75, 3.05) is 7.05 Å². The molecule has 0 spiro atoms. The summed E-state index contributed by atoms with van der Waals surface area (Å²) >= 11 is 5.85. The number of ether oxygens (including phenoxy) is 1. The molecular weight excluding hydrogens is 330 g/mol. The molecule has 2 aromatic rings. The first-order valence-electron chi connectivity index (χ1n) is 7.54. The Morgan fingerprint density at radius 1 is 1.21 bits per heavy atom. The minimum absolute atomic E-state index is 0.0114. The van der Waals surface area contributed by atoms with E-state index in [0.717, 1.165) is 5.56 Å². The van der Waals surface area contributed by atoms with Crippen molar-refractivity contribution in [1.29, 1.82) is 0 Å². The molecule has 0 bridgehead atoms. The van der Waals surface area contributed by atoms with E-state index in [-0.39, 0.29) is 35.9 Å². The molecule has 0 saturated heterocycles. The number of benzene rings is 1. The van der Waals surface area contributed by atoms with E-state index in [4.69, 9.17) is 16.3 Å². The maximum atomic E-state index is 12.1. The van der Waals surface area contributed by atoms with Gasteiger partial charge in [-0.1, -0.05) is 23.7 Å². The summed E-state index contributed by atoms with van der Waals surface area (Å²) in [7, 11) is 1.51. The standard InChI is InChI=1S/C17H20ClN3O3/c1-10(2)20-16(22)13-8-14(15(21-13)17(23)19-3)24-9-11-4-6-12(18)7-5-11/h4-8,10,21H,9H2,1-3H3,(H,19,23)(H,20,22). The Morgan fingerprint density at radius 2 is 1.88 bits per heavy atom. The molecule has 0 aliphatic heterocycles. The number of halogens is 1. The van der Waals surface area contributed by atoms with E-state index in [0.29, 0.717) is 10.8 Å². The Balaban J connectivity index is 2.19. The van der Waals surface area contributed by atoms with E-state index in [1.165, 1.54) is 13.1 Å². The van der Waals surface area contributed by atoms with Crippen LogP contribution < -0.4 is 15.4 Å². The average molecular weight is 350 g/mol. The van der Waals surface area contributed by atoms with Crippen molar-refractivity contribution in [1.82, 2.24) is 15.6 Å². The maximum Gasteiger partial charge on any atom is 0.271 e. The fraction of sp³-hybridized carbons (Fsp3) is 0.294. The number of aromatic nitrogens is 1. The number of hydrogen-bond acceptors (Lipinski definition) is 3. The molecule has 0 aliphatic rings. The Hall–Kier alpha value is -2.47. The molecule has 6 nitrogen and oxygen atoms in total. The Bertz CT molecular complexity index is 723. The summed E-state index contributed by atoms with van der Waals surface area (Å²) in [4.78, 5) is 26.9. The van der Waals surface area contributed by atoms with Gasteiger partial charge in [-0.15, -0.1) is 0 Å². The number of amides is 2. The van der Waals surface area contributed by atoms with Gasteiger partial charge in [-0.05, 0) is 31.5 Å². The van der Waals surface area contributed by atoms with Crippen LogP contribution in [0.15, 0.2) is 30.3 Å².